The number of carbonyl (C=O) groups excluding carboxylic acids is 1. The smallest absolute Gasteiger partial charge is 0.223 e. The largest absolute Gasteiger partial charge is 0.394 e. The van der Waals surface area contributed by atoms with E-state index in [1.165, 1.54) is 0 Å². The minimum absolute atomic E-state index is 0.000472. The van der Waals surface area contributed by atoms with E-state index in [-0.39, 0.29) is 24.5 Å². The van der Waals surface area contributed by atoms with Crippen molar-refractivity contribution in [2.75, 3.05) is 24.6 Å². The van der Waals surface area contributed by atoms with Gasteiger partial charge in [0.2, 0.25) is 5.91 Å². The number of nitrogens with zero attached hydrogens (tertiary/aromatic N) is 3. The average Bonchev–Trinajstić information content (AvgIpc) is 2.48. The molecule has 1 amide bonds. The number of halogens is 1. The van der Waals surface area contributed by atoms with Gasteiger partial charge < -0.3 is 15.3 Å². The number of amides is 1. The van der Waals surface area contributed by atoms with Gasteiger partial charge in [-0.3, -0.25) is 4.79 Å². The Balaban J connectivity index is 1.86. The highest BCUT2D eigenvalue weighted by Crippen LogP contribution is 2.22. The average molecular weight is 299 g/mol. The maximum absolute atomic E-state index is 12.0. The summed E-state index contributed by atoms with van der Waals surface area (Å²) in [6, 6.07) is 3.36. The molecule has 2 N–H and O–H groups in total. The summed E-state index contributed by atoms with van der Waals surface area (Å²) in [6.07, 6.45) is 1.54. The highest BCUT2D eigenvalue weighted by Gasteiger charge is 2.26. The molecule has 1 aliphatic rings. The van der Waals surface area contributed by atoms with Crippen LogP contribution in [0.2, 0.25) is 5.15 Å². The van der Waals surface area contributed by atoms with E-state index < -0.39 is 0 Å². The van der Waals surface area contributed by atoms with Crippen LogP contribution in [0.1, 0.15) is 19.8 Å². The second-order valence-corrected chi connectivity index (χ2v) is 5.46. The van der Waals surface area contributed by atoms with Gasteiger partial charge in [-0.15, -0.1) is 10.2 Å². The molecule has 0 bridgehead atoms. The molecule has 110 valence electrons. The number of aromatic nitrogens is 2. The molecule has 0 unspecified atom stereocenters. The third-order valence-corrected chi connectivity index (χ3v) is 3.67. The van der Waals surface area contributed by atoms with Gasteiger partial charge in [0.1, 0.15) is 0 Å². The van der Waals surface area contributed by atoms with Crippen molar-refractivity contribution in [3.05, 3.63) is 17.3 Å². The number of aliphatic hydroxyl groups excluding tert-OH is 1. The lowest BCUT2D eigenvalue weighted by Gasteiger charge is -2.32. The number of piperidine rings is 1. The Hall–Kier alpha value is -1.40. The molecule has 1 saturated heterocycles. The molecule has 1 aliphatic heterocycles. The zero-order valence-electron chi connectivity index (χ0n) is 11.4. The summed E-state index contributed by atoms with van der Waals surface area (Å²) < 4.78 is 0. The van der Waals surface area contributed by atoms with Gasteiger partial charge in [0, 0.05) is 25.0 Å². The Kier molecular flexibility index (Phi) is 5.14. The second kappa shape index (κ2) is 6.85. The van der Waals surface area contributed by atoms with Crippen LogP contribution in [-0.2, 0) is 4.79 Å². The SMILES string of the molecule is C[C@H](CO)NC(=O)C1CCN(c2ccc(Cl)nn2)CC1. The van der Waals surface area contributed by atoms with E-state index in [9.17, 15) is 4.79 Å². The first-order valence-corrected chi connectivity index (χ1v) is 7.13. The lowest BCUT2D eigenvalue weighted by Crippen LogP contribution is -2.44. The first kappa shape index (κ1) is 15.0. The van der Waals surface area contributed by atoms with Crippen LogP contribution in [0.25, 0.3) is 0 Å². The lowest BCUT2D eigenvalue weighted by molar-refractivity contribution is -0.126. The van der Waals surface area contributed by atoms with Crippen molar-refractivity contribution < 1.29 is 9.90 Å². The molecule has 0 aliphatic carbocycles. The third kappa shape index (κ3) is 3.80. The van der Waals surface area contributed by atoms with E-state index in [1.807, 2.05) is 6.07 Å². The van der Waals surface area contributed by atoms with Crippen LogP contribution in [0.4, 0.5) is 5.82 Å². The molecule has 0 saturated carbocycles. The van der Waals surface area contributed by atoms with Crippen LogP contribution in [0.3, 0.4) is 0 Å². The minimum Gasteiger partial charge on any atom is -0.394 e. The zero-order valence-corrected chi connectivity index (χ0v) is 12.2. The standard InChI is InChI=1S/C13H19ClN4O2/c1-9(8-19)15-13(20)10-4-6-18(7-5-10)12-3-2-11(14)16-17-12/h2-3,9-10,19H,4-8H2,1H3,(H,15,20)/t9-/m1/s1. The normalized spacial score (nSPS) is 17.9. The van der Waals surface area contributed by atoms with Crippen LogP contribution in [0.5, 0.6) is 0 Å². The maximum atomic E-state index is 12.0. The molecule has 1 aromatic rings. The van der Waals surface area contributed by atoms with E-state index in [4.69, 9.17) is 16.7 Å². The second-order valence-electron chi connectivity index (χ2n) is 5.07. The first-order valence-electron chi connectivity index (χ1n) is 6.75. The molecule has 0 aromatic carbocycles. The predicted molar refractivity (Wildman–Crippen MR) is 76.7 cm³/mol. The number of carbonyl (C=O) groups is 1. The van der Waals surface area contributed by atoms with Crippen LogP contribution < -0.4 is 10.2 Å². The fourth-order valence-electron chi connectivity index (χ4n) is 2.25. The molecule has 1 aromatic heterocycles. The summed E-state index contributed by atoms with van der Waals surface area (Å²) in [5.41, 5.74) is 0. The van der Waals surface area contributed by atoms with Crippen molar-refractivity contribution in [2.45, 2.75) is 25.8 Å². The van der Waals surface area contributed by atoms with Gasteiger partial charge in [-0.25, -0.2) is 0 Å². The Labute approximate surface area is 123 Å². The quantitative estimate of drug-likeness (QED) is 0.861. The molecular weight excluding hydrogens is 280 g/mol. The van der Waals surface area contributed by atoms with Gasteiger partial charge in [-0.2, -0.15) is 0 Å². The molecule has 1 fully saturated rings. The minimum atomic E-state index is -0.192. The highest BCUT2D eigenvalue weighted by molar-refractivity contribution is 6.29. The Morgan fingerprint density at radius 2 is 2.20 bits per heavy atom. The summed E-state index contributed by atoms with van der Waals surface area (Å²) in [6.45, 7) is 3.28. The molecular formula is C13H19ClN4O2. The van der Waals surface area contributed by atoms with Crippen LogP contribution >= 0.6 is 11.6 Å². The molecule has 7 heteroatoms. The number of hydrogen-bond donors (Lipinski definition) is 2. The predicted octanol–water partition coefficient (Wildman–Crippen LogP) is 0.843. The Bertz CT molecular complexity index is 446. The first-order chi connectivity index (χ1) is 9.60. The van der Waals surface area contributed by atoms with Gasteiger partial charge in [0.05, 0.1) is 6.61 Å². The van der Waals surface area contributed by atoms with Crippen LogP contribution in [0, 0.1) is 5.92 Å². The van der Waals surface area contributed by atoms with Crippen molar-refractivity contribution in [2.24, 2.45) is 5.92 Å². The molecule has 2 rings (SSSR count). The van der Waals surface area contributed by atoms with E-state index in [2.05, 4.69) is 20.4 Å². The monoisotopic (exact) mass is 298 g/mol. The maximum Gasteiger partial charge on any atom is 0.223 e. The van der Waals surface area contributed by atoms with E-state index in [0.29, 0.717) is 5.15 Å². The number of rotatable bonds is 4. The summed E-state index contributed by atoms with van der Waals surface area (Å²) in [7, 11) is 0. The number of anilines is 1. The number of hydrogen-bond acceptors (Lipinski definition) is 5. The van der Waals surface area contributed by atoms with Gasteiger partial charge >= 0.3 is 0 Å². The van der Waals surface area contributed by atoms with Crippen molar-refractivity contribution in [3.63, 3.8) is 0 Å². The summed E-state index contributed by atoms with van der Waals surface area (Å²) in [5, 5.41) is 20.0. The third-order valence-electron chi connectivity index (χ3n) is 3.47. The van der Waals surface area contributed by atoms with Gasteiger partial charge in [-0.05, 0) is 31.9 Å². The van der Waals surface area contributed by atoms with Crippen molar-refractivity contribution >= 4 is 23.3 Å². The van der Waals surface area contributed by atoms with Gasteiger partial charge in [0.25, 0.3) is 0 Å². The number of nitrogens with one attached hydrogen (secondary N) is 1. The fourth-order valence-corrected chi connectivity index (χ4v) is 2.36. The summed E-state index contributed by atoms with van der Waals surface area (Å²) in [4.78, 5) is 14.1. The fraction of sp³-hybridized carbons (Fsp3) is 0.615. The molecule has 0 radical (unpaired) electrons. The number of aliphatic hydroxyl groups is 1. The Morgan fingerprint density at radius 3 is 2.75 bits per heavy atom. The lowest BCUT2D eigenvalue weighted by atomic mass is 9.95. The summed E-state index contributed by atoms with van der Waals surface area (Å²) >= 11 is 5.71. The van der Waals surface area contributed by atoms with Gasteiger partial charge in [0.15, 0.2) is 11.0 Å². The van der Waals surface area contributed by atoms with Gasteiger partial charge in [-0.1, -0.05) is 11.6 Å². The topological polar surface area (TPSA) is 78.4 Å². The molecule has 20 heavy (non-hydrogen) atoms. The van der Waals surface area contributed by atoms with Crippen molar-refractivity contribution in [3.8, 4) is 0 Å². The highest BCUT2D eigenvalue weighted by atomic mass is 35.5. The summed E-state index contributed by atoms with van der Waals surface area (Å²) in [5.74, 6) is 0.811. The molecule has 6 nitrogen and oxygen atoms in total. The Morgan fingerprint density at radius 1 is 1.50 bits per heavy atom. The van der Waals surface area contributed by atoms with Crippen molar-refractivity contribution in [1.82, 2.24) is 15.5 Å². The van der Waals surface area contributed by atoms with E-state index in [1.54, 1.807) is 13.0 Å². The zero-order chi connectivity index (χ0) is 14.5. The molecule has 2 heterocycles. The van der Waals surface area contributed by atoms with Crippen LogP contribution in [-0.4, -0.2) is 46.9 Å². The van der Waals surface area contributed by atoms with Crippen LogP contribution in [0.15, 0.2) is 12.1 Å². The molecule has 0 spiro atoms. The van der Waals surface area contributed by atoms with E-state index >= 15 is 0 Å². The molecule has 1 atom stereocenters. The van der Waals surface area contributed by atoms with Crippen molar-refractivity contribution in [1.29, 1.82) is 0 Å². The van der Waals surface area contributed by atoms with E-state index in [0.717, 1.165) is 31.7 Å².